The average molecular weight is 572 g/mol. The highest BCUT2D eigenvalue weighted by molar-refractivity contribution is 8.16. The summed E-state index contributed by atoms with van der Waals surface area (Å²) >= 11 is 0.997. The van der Waals surface area contributed by atoms with E-state index in [2.05, 4.69) is 4.99 Å². The van der Waals surface area contributed by atoms with Crippen molar-refractivity contribution in [3.63, 3.8) is 0 Å². The topological polar surface area (TPSA) is 71.4 Å². The summed E-state index contributed by atoms with van der Waals surface area (Å²) < 4.78 is 54.5. The second-order valence-electron chi connectivity index (χ2n) is 9.86. The van der Waals surface area contributed by atoms with E-state index in [0.717, 1.165) is 24.6 Å². The number of carbonyl (C=O) groups excluding carboxylic acids is 2. The predicted molar refractivity (Wildman–Crippen MR) is 145 cm³/mol. The molecule has 40 heavy (non-hydrogen) atoms. The maximum atomic E-state index is 14.4. The molecular formula is C29H28F3N3O4S. The Balaban J connectivity index is 1.60. The molecule has 11 heteroatoms. The van der Waals surface area contributed by atoms with Crippen molar-refractivity contribution in [2.75, 3.05) is 13.1 Å². The quantitative estimate of drug-likeness (QED) is 0.351. The first kappa shape index (κ1) is 27.8. The van der Waals surface area contributed by atoms with Crippen LogP contribution >= 0.6 is 11.8 Å². The number of allylic oxidation sites excluding steroid dienone is 1. The summed E-state index contributed by atoms with van der Waals surface area (Å²) in [6.45, 7) is 4.43. The molecule has 0 aliphatic carbocycles. The van der Waals surface area contributed by atoms with Gasteiger partial charge in [0.2, 0.25) is 5.91 Å². The maximum absolute atomic E-state index is 14.4. The number of hydrogen-bond donors (Lipinski definition) is 0. The summed E-state index contributed by atoms with van der Waals surface area (Å²) in [6, 6.07) is 14.3. The highest BCUT2D eigenvalue weighted by Crippen LogP contribution is 2.48. The van der Waals surface area contributed by atoms with Crippen LogP contribution in [0.15, 0.2) is 82.0 Å². The number of alkyl halides is 3. The first-order chi connectivity index (χ1) is 19.1. The number of thioether (sulfide) groups is 1. The van der Waals surface area contributed by atoms with Gasteiger partial charge in [0.05, 0.1) is 24.1 Å². The first-order valence-corrected chi connectivity index (χ1v) is 13.9. The Kier molecular flexibility index (Phi) is 7.93. The van der Waals surface area contributed by atoms with E-state index in [9.17, 15) is 22.8 Å². The zero-order valence-corrected chi connectivity index (χ0v) is 22.8. The summed E-state index contributed by atoms with van der Waals surface area (Å²) in [5.41, 5.74) is -1.11. The van der Waals surface area contributed by atoms with Crippen LogP contribution in [-0.4, -0.2) is 52.2 Å². The lowest BCUT2D eigenvalue weighted by Gasteiger charge is -2.37. The third-order valence-electron chi connectivity index (χ3n) is 6.59. The number of fused-ring (bicyclic) bond motifs is 1. The van der Waals surface area contributed by atoms with Crippen molar-refractivity contribution in [3.8, 4) is 11.5 Å². The Labute approximate surface area is 234 Å². The number of likely N-dealkylation sites (tertiary alicyclic amines) is 1. The lowest BCUT2D eigenvalue weighted by molar-refractivity contribution is -0.145. The Morgan fingerprint density at radius 1 is 1.05 bits per heavy atom. The molecule has 1 saturated heterocycles. The summed E-state index contributed by atoms with van der Waals surface area (Å²) in [5, 5.41) is 1.67. The van der Waals surface area contributed by atoms with Gasteiger partial charge in [0.1, 0.15) is 11.5 Å². The number of ether oxygens (including phenoxy) is 2. The molecule has 2 aromatic carbocycles. The van der Waals surface area contributed by atoms with E-state index < -0.39 is 35.6 Å². The van der Waals surface area contributed by atoms with Gasteiger partial charge in [-0.15, -0.1) is 0 Å². The third-order valence-corrected chi connectivity index (χ3v) is 7.47. The van der Waals surface area contributed by atoms with Gasteiger partial charge >= 0.3 is 12.1 Å². The third kappa shape index (κ3) is 5.89. The Hall–Kier alpha value is -3.73. The largest absolute Gasteiger partial charge is 0.459 e. The minimum absolute atomic E-state index is 0.0312. The molecule has 1 amide bonds. The van der Waals surface area contributed by atoms with Gasteiger partial charge in [-0.25, -0.2) is 9.79 Å². The number of amides is 1. The fourth-order valence-electron chi connectivity index (χ4n) is 4.88. The molecule has 1 atom stereocenters. The van der Waals surface area contributed by atoms with Crippen LogP contribution in [-0.2, 0) is 14.3 Å². The Bertz CT molecular complexity index is 1380. The van der Waals surface area contributed by atoms with Crippen LogP contribution < -0.4 is 4.74 Å². The van der Waals surface area contributed by atoms with Crippen LogP contribution in [0.3, 0.4) is 0 Å². The van der Waals surface area contributed by atoms with Gasteiger partial charge < -0.3 is 19.3 Å². The normalized spacial score (nSPS) is 19.0. The second kappa shape index (κ2) is 11.4. The van der Waals surface area contributed by atoms with Gasteiger partial charge in [-0.3, -0.25) is 4.79 Å². The van der Waals surface area contributed by atoms with Crippen molar-refractivity contribution in [2.24, 2.45) is 4.99 Å². The number of carbonyl (C=O) groups is 2. The molecule has 1 unspecified atom stereocenters. The van der Waals surface area contributed by atoms with Crippen molar-refractivity contribution < 1.29 is 32.2 Å². The van der Waals surface area contributed by atoms with E-state index >= 15 is 0 Å². The van der Waals surface area contributed by atoms with Crippen molar-refractivity contribution >= 4 is 28.8 Å². The van der Waals surface area contributed by atoms with Crippen LogP contribution in [0.1, 0.15) is 44.7 Å². The zero-order chi connectivity index (χ0) is 28.4. The van der Waals surface area contributed by atoms with E-state index in [4.69, 9.17) is 9.47 Å². The number of hydrogen-bond acceptors (Lipinski definition) is 7. The average Bonchev–Trinajstić information content (AvgIpc) is 3.58. The number of esters is 1. The molecule has 0 aromatic heterocycles. The van der Waals surface area contributed by atoms with E-state index in [-0.39, 0.29) is 17.5 Å². The Morgan fingerprint density at radius 3 is 2.42 bits per heavy atom. The van der Waals surface area contributed by atoms with Crippen LogP contribution in [0.25, 0.3) is 0 Å². The number of para-hydroxylation sites is 1. The fourth-order valence-corrected chi connectivity index (χ4v) is 5.80. The van der Waals surface area contributed by atoms with Crippen molar-refractivity contribution in [3.05, 3.63) is 82.5 Å². The summed E-state index contributed by atoms with van der Waals surface area (Å²) in [6.07, 6.45) is -3.79. The van der Waals surface area contributed by atoms with Crippen LogP contribution in [0, 0.1) is 0 Å². The number of rotatable bonds is 7. The second-order valence-corrected chi connectivity index (χ2v) is 10.7. The molecule has 0 N–H and O–H groups in total. The Morgan fingerprint density at radius 2 is 1.75 bits per heavy atom. The van der Waals surface area contributed by atoms with E-state index in [1.165, 1.54) is 0 Å². The van der Waals surface area contributed by atoms with Gasteiger partial charge in [0, 0.05) is 18.8 Å². The van der Waals surface area contributed by atoms with Gasteiger partial charge in [-0.2, -0.15) is 13.2 Å². The van der Waals surface area contributed by atoms with Gasteiger partial charge in [0.25, 0.3) is 0 Å². The van der Waals surface area contributed by atoms with Crippen molar-refractivity contribution in [1.82, 2.24) is 9.80 Å². The highest BCUT2D eigenvalue weighted by Gasteiger charge is 2.49. The minimum Gasteiger partial charge on any atom is -0.459 e. The van der Waals surface area contributed by atoms with E-state index in [0.29, 0.717) is 35.8 Å². The molecule has 5 rings (SSSR count). The fraction of sp³-hybridized carbons (Fsp3) is 0.345. The monoisotopic (exact) mass is 571 g/mol. The lowest BCUT2D eigenvalue weighted by atomic mass is 9.93. The molecule has 7 nitrogen and oxygen atoms in total. The van der Waals surface area contributed by atoms with Gasteiger partial charge in [0.15, 0.2) is 10.9 Å². The molecule has 0 bridgehead atoms. The molecule has 0 radical (unpaired) electrons. The molecule has 210 valence electrons. The van der Waals surface area contributed by atoms with E-state index in [1.807, 2.05) is 6.07 Å². The number of nitrogens with zero attached hydrogens (tertiary/aromatic N) is 3. The van der Waals surface area contributed by atoms with Crippen LogP contribution in [0.4, 0.5) is 13.2 Å². The minimum atomic E-state index is -4.92. The molecule has 2 aromatic rings. The molecule has 3 aliphatic heterocycles. The highest BCUT2D eigenvalue weighted by atomic mass is 32.2. The molecule has 3 aliphatic rings. The van der Waals surface area contributed by atoms with Crippen LogP contribution in [0.5, 0.6) is 11.5 Å². The SMILES string of the molecule is CC(C)OC(=O)C1=C(C(F)(F)F)N=C2SC=C(CC(=O)N3CCCC3)N2C1c1cccc(Oc2ccccc2)c1. The number of aliphatic imine (C=N–C) groups is 1. The zero-order valence-electron chi connectivity index (χ0n) is 22.0. The summed E-state index contributed by atoms with van der Waals surface area (Å²) in [4.78, 5) is 33.6. The number of amidine groups is 1. The van der Waals surface area contributed by atoms with E-state index in [1.54, 1.807) is 77.6 Å². The molecule has 3 heterocycles. The molecule has 0 saturated carbocycles. The van der Waals surface area contributed by atoms with Crippen LogP contribution in [0.2, 0.25) is 0 Å². The van der Waals surface area contributed by atoms with Gasteiger partial charge in [-0.05, 0) is 61.9 Å². The van der Waals surface area contributed by atoms with Crippen molar-refractivity contribution in [2.45, 2.75) is 51.4 Å². The number of halogens is 3. The maximum Gasteiger partial charge on any atom is 0.434 e. The molecule has 0 spiro atoms. The smallest absolute Gasteiger partial charge is 0.434 e. The molecule has 1 fully saturated rings. The summed E-state index contributed by atoms with van der Waals surface area (Å²) in [5.74, 6) is -0.317. The summed E-state index contributed by atoms with van der Waals surface area (Å²) in [7, 11) is 0. The standard InChI is InChI=1S/C29H28F3N3O4S/c1-18(2)38-27(37)24-25(19-9-8-12-22(15-19)39-21-10-4-3-5-11-21)35-20(16-23(36)34-13-6-7-14-34)17-40-28(35)33-26(24)29(30,31)32/h3-5,8-12,15,17-18,25H,6-7,13-14,16H2,1-2H3. The first-order valence-electron chi connectivity index (χ1n) is 13.0. The molecular weight excluding hydrogens is 543 g/mol. The van der Waals surface area contributed by atoms with Gasteiger partial charge in [-0.1, -0.05) is 42.1 Å². The predicted octanol–water partition coefficient (Wildman–Crippen LogP) is 6.56. The van der Waals surface area contributed by atoms with Crippen molar-refractivity contribution in [1.29, 1.82) is 0 Å². The number of benzene rings is 2. The lowest BCUT2D eigenvalue weighted by Crippen LogP contribution is -2.40.